The van der Waals surface area contributed by atoms with Gasteiger partial charge < -0.3 is 14.6 Å². The van der Waals surface area contributed by atoms with Gasteiger partial charge in [0.05, 0.1) is 12.5 Å². The van der Waals surface area contributed by atoms with E-state index in [4.69, 9.17) is 14.6 Å². The molecule has 0 bridgehead atoms. The summed E-state index contributed by atoms with van der Waals surface area (Å²) in [7, 11) is 0. The molecule has 1 unspecified atom stereocenters. The Morgan fingerprint density at radius 3 is 2.37 bits per heavy atom. The number of fused-ring (bicyclic) bond motifs is 2. The van der Waals surface area contributed by atoms with Gasteiger partial charge >= 0.3 is 0 Å². The first-order chi connectivity index (χ1) is 9.15. The molecular weight excluding hydrogens is 238 g/mol. The molecule has 2 N–H and O–H groups in total. The minimum atomic E-state index is 0.0614. The van der Waals surface area contributed by atoms with E-state index < -0.39 is 0 Å². The predicted molar refractivity (Wildman–Crippen MR) is 75.3 cm³/mol. The van der Waals surface area contributed by atoms with E-state index in [0.29, 0.717) is 0 Å². The Balaban J connectivity index is 2.20. The normalized spacial score (nSPS) is 19.1. The summed E-state index contributed by atoms with van der Waals surface area (Å²) in [5.41, 5.74) is 10.7. The molecule has 4 rings (SSSR count). The zero-order chi connectivity index (χ0) is 13.2. The van der Waals surface area contributed by atoms with Crippen LogP contribution in [-0.2, 0) is 5.41 Å². The monoisotopic (exact) mass is 255 g/mol. The van der Waals surface area contributed by atoms with E-state index in [1.807, 2.05) is 12.1 Å². The maximum Gasteiger partial charge on any atom is 0.138 e. The number of furan rings is 2. The summed E-state index contributed by atoms with van der Waals surface area (Å²) in [4.78, 5) is 0. The zero-order valence-corrected chi connectivity index (χ0v) is 11.2. The van der Waals surface area contributed by atoms with Crippen LogP contribution in [-0.4, -0.2) is 6.04 Å². The molecule has 0 spiro atoms. The van der Waals surface area contributed by atoms with Crippen molar-refractivity contribution in [3.8, 4) is 0 Å². The van der Waals surface area contributed by atoms with Crippen molar-refractivity contribution in [2.24, 2.45) is 5.73 Å². The van der Waals surface area contributed by atoms with Crippen LogP contribution < -0.4 is 5.73 Å². The molecule has 19 heavy (non-hydrogen) atoms. The summed E-state index contributed by atoms with van der Waals surface area (Å²) >= 11 is 0. The SMILES string of the molecule is Cc1c2ccoc2c(C2(C(C)N)CC2)c2ccoc12. The molecule has 0 radical (unpaired) electrons. The molecule has 2 heterocycles. The zero-order valence-electron chi connectivity index (χ0n) is 11.2. The third kappa shape index (κ3) is 1.26. The average Bonchev–Trinajstić information content (AvgIpc) is 2.85. The molecule has 1 aliphatic carbocycles. The van der Waals surface area contributed by atoms with Crippen molar-refractivity contribution in [3.05, 3.63) is 35.8 Å². The van der Waals surface area contributed by atoms with Crippen LogP contribution in [0.2, 0.25) is 0 Å². The Hall–Kier alpha value is -1.74. The lowest BCUT2D eigenvalue weighted by Crippen LogP contribution is -2.31. The highest BCUT2D eigenvalue weighted by Gasteiger charge is 2.50. The molecule has 1 atom stereocenters. The second-order valence-corrected chi connectivity index (χ2v) is 5.77. The minimum absolute atomic E-state index is 0.0614. The topological polar surface area (TPSA) is 52.3 Å². The highest BCUT2D eigenvalue weighted by molar-refractivity contribution is 6.02. The van der Waals surface area contributed by atoms with Crippen molar-refractivity contribution in [2.75, 3.05) is 0 Å². The Kier molecular flexibility index (Phi) is 2.00. The quantitative estimate of drug-likeness (QED) is 0.756. The van der Waals surface area contributed by atoms with Crippen LogP contribution in [0.15, 0.2) is 33.5 Å². The van der Waals surface area contributed by atoms with E-state index in [1.54, 1.807) is 12.5 Å². The fourth-order valence-electron chi connectivity index (χ4n) is 3.40. The van der Waals surface area contributed by atoms with Crippen molar-refractivity contribution >= 4 is 21.9 Å². The van der Waals surface area contributed by atoms with Gasteiger partial charge in [0.25, 0.3) is 0 Å². The van der Waals surface area contributed by atoms with Gasteiger partial charge in [0.15, 0.2) is 0 Å². The van der Waals surface area contributed by atoms with E-state index in [9.17, 15) is 0 Å². The molecule has 1 fully saturated rings. The van der Waals surface area contributed by atoms with Crippen LogP contribution in [0, 0.1) is 6.92 Å². The van der Waals surface area contributed by atoms with E-state index in [-0.39, 0.29) is 11.5 Å². The third-order valence-corrected chi connectivity index (χ3v) is 4.73. The fourth-order valence-corrected chi connectivity index (χ4v) is 3.40. The van der Waals surface area contributed by atoms with Gasteiger partial charge in [-0.05, 0) is 38.8 Å². The average molecular weight is 255 g/mol. The molecule has 1 aliphatic rings. The first kappa shape index (κ1) is 11.1. The summed E-state index contributed by atoms with van der Waals surface area (Å²) in [6.45, 7) is 4.17. The molecule has 1 aromatic carbocycles. The van der Waals surface area contributed by atoms with Gasteiger partial charge in [0, 0.05) is 33.4 Å². The maximum absolute atomic E-state index is 6.25. The smallest absolute Gasteiger partial charge is 0.138 e. The second kappa shape index (κ2) is 3.42. The van der Waals surface area contributed by atoms with Crippen molar-refractivity contribution in [3.63, 3.8) is 0 Å². The van der Waals surface area contributed by atoms with Crippen molar-refractivity contribution in [2.45, 2.75) is 38.1 Å². The van der Waals surface area contributed by atoms with Crippen LogP contribution in [0.25, 0.3) is 21.9 Å². The number of nitrogens with two attached hydrogens (primary N) is 1. The number of hydrogen-bond acceptors (Lipinski definition) is 3. The van der Waals surface area contributed by atoms with Gasteiger partial charge in [-0.15, -0.1) is 0 Å². The Morgan fingerprint density at radius 2 is 1.74 bits per heavy atom. The molecule has 0 saturated heterocycles. The molecule has 0 amide bonds. The maximum atomic E-state index is 6.25. The lowest BCUT2D eigenvalue weighted by atomic mass is 9.85. The Bertz CT molecular complexity index is 723. The van der Waals surface area contributed by atoms with Gasteiger partial charge in [-0.1, -0.05) is 0 Å². The molecule has 0 aliphatic heterocycles. The number of hydrogen-bond donors (Lipinski definition) is 1. The molecular formula is C16H17NO2. The van der Waals surface area contributed by atoms with Crippen LogP contribution in [0.1, 0.15) is 30.9 Å². The third-order valence-electron chi connectivity index (χ3n) is 4.73. The standard InChI is InChI=1S/C16H17NO2/c1-9-11-3-7-19-15(11)13(12-4-8-18-14(9)12)16(5-6-16)10(2)17/h3-4,7-8,10H,5-6,17H2,1-2H3. The van der Waals surface area contributed by atoms with Crippen molar-refractivity contribution in [1.82, 2.24) is 0 Å². The molecule has 98 valence electrons. The summed E-state index contributed by atoms with van der Waals surface area (Å²) in [6, 6.07) is 4.19. The molecule has 3 nitrogen and oxygen atoms in total. The molecule has 2 aromatic heterocycles. The van der Waals surface area contributed by atoms with E-state index in [0.717, 1.165) is 40.3 Å². The Labute approximate surface area is 111 Å². The van der Waals surface area contributed by atoms with Gasteiger partial charge in [-0.25, -0.2) is 0 Å². The number of benzene rings is 1. The molecule has 1 saturated carbocycles. The van der Waals surface area contributed by atoms with Gasteiger partial charge in [-0.3, -0.25) is 0 Å². The summed E-state index contributed by atoms with van der Waals surface area (Å²) in [5, 5.41) is 2.30. The van der Waals surface area contributed by atoms with Crippen LogP contribution in [0.5, 0.6) is 0 Å². The summed E-state index contributed by atoms with van der Waals surface area (Å²) < 4.78 is 11.5. The molecule has 3 aromatic rings. The van der Waals surface area contributed by atoms with Crippen LogP contribution in [0.3, 0.4) is 0 Å². The predicted octanol–water partition coefficient (Wildman–Crippen LogP) is 3.87. The highest BCUT2D eigenvalue weighted by Crippen LogP contribution is 2.55. The lowest BCUT2D eigenvalue weighted by Gasteiger charge is -2.21. The van der Waals surface area contributed by atoms with Crippen LogP contribution in [0.4, 0.5) is 0 Å². The Morgan fingerprint density at radius 1 is 1.11 bits per heavy atom. The molecule has 3 heteroatoms. The fraction of sp³-hybridized carbons (Fsp3) is 0.375. The van der Waals surface area contributed by atoms with Crippen molar-refractivity contribution in [1.29, 1.82) is 0 Å². The summed E-state index contributed by atoms with van der Waals surface area (Å²) in [5.74, 6) is 0. The van der Waals surface area contributed by atoms with Crippen molar-refractivity contribution < 1.29 is 8.83 Å². The largest absolute Gasteiger partial charge is 0.464 e. The van der Waals surface area contributed by atoms with Gasteiger partial charge in [-0.2, -0.15) is 0 Å². The van der Waals surface area contributed by atoms with Gasteiger partial charge in [0.1, 0.15) is 11.2 Å². The summed E-state index contributed by atoms with van der Waals surface area (Å²) in [6.07, 6.45) is 5.78. The van der Waals surface area contributed by atoms with Crippen LogP contribution >= 0.6 is 0 Å². The van der Waals surface area contributed by atoms with E-state index in [1.165, 1.54) is 5.56 Å². The lowest BCUT2D eigenvalue weighted by molar-refractivity contribution is 0.543. The minimum Gasteiger partial charge on any atom is -0.464 e. The number of aryl methyl sites for hydroxylation is 1. The van der Waals surface area contributed by atoms with Gasteiger partial charge in [0.2, 0.25) is 0 Å². The number of rotatable bonds is 2. The van der Waals surface area contributed by atoms with E-state index >= 15 is 0 Å². The second-order valence-electron chi connectivity index (χ2n) is 5.77. The first-order valence-electron chi connectivity index (χ1n) is 6.78. The highest BCUT2D eigenvalue weighted by atomic mass is 16.3. The first-order valence-corrected chi connectivity index (χ1v) is 6.78. The van der Waals surface area contributed by atoms with E-state index in [2.05, 4.69) is 13.8 Å².